The van der Waals surface area contributed by atoms with Crippen molar-refractivity contribution in [1.29, 1.82) is 0 Å². The van der Waals surface area contributed by atoms with Crippen molar-refractivity contribution in [1.82, 2.24) is 15.2 Å². The van der Waals surface area contributed by atoms with E-state index >= 15 is 0 Å². The van der Waals surface area contributed by atoms with E-state index in [9.17, 15) is 0 Å². The molecule has 1 heterocycles. The first-order valence-electron chi connectivity index (χ1n) is 5.89. The Hall–Kier alpha value is -0.470. The lowest BCUT2D eigenvalue weighted by Crippen LogP contribution is -2.30. The number of methoxy groups -OCH3 is 2. The number of halogens is 1. The van der Waals surface area contributed by atoms with Gasteiger partial charge in [0.15, 0.2) is 0 Å². The first-order chi connectivity index (χ1) is 8.74. The van der Waals surface area contributed by atoms with Gasteiger partial charge < -0.3 is 9.47 Å². The van der Waals surface area contributed by atoms with Crippen molar-refractivity contribution < 1.29 is 9.47 Å². The number of rotatable bonds is 9. The van der Waals surface area contributed by atoms with Crippen LogP contribution in [-0.2, 0) is 16.0 Å². The van der Waals surface area contributed by atoms with Gasteiger partial charge in [0, 0.05) is 20.8 Å². The van der Waals surface area contributed by atoms with Crippen LogP contribution in [0.25, 0.3) is 0 Å². The Balaban J connectivity index is 2.73. The van der Waals surface area contributed by atoms with Gasteiger partial charge in [0.1, 0.15) is 0 Å². The van der Waals surface area contributed by atoms with Gasteiger partial charge in [0.05, 0.1) is 35.6 Å². The summed E-state index contributed by atoms with van der Waals surface area (Å²) in [6, 6.07) is 0.0499. The van der Waals surface area contributed by atoms with Crippen LogP contribution in [0.5, 0.6) is 0 Å². The maximum atomic E-state index is 5.63. The molecule has 1 aromatic rings. The molecule has 1 atom stereocenters. The second kappa shape index (κ2) is 8.60. The molecule has 1 rings (SSSR count). The van der Waals surface area contributed by atoms with Crippen LogP contribution in [0.4, 0.5) is 0 Å². The summed E-state index contributed by atoms with van der Waals surface area (Å²) in [7, 11) is 3.37. The summed E-state index contributed by atoms with van der Waals surface area (Å²) in [5.41, 5.74) is 3.88. The summed E-state index contributed by atoms with van der Waals surface area (Å²) in [6.07, 6.45) is 3.61. The van der Waals surface area contributed by atoms with Crippen molar-refractivity contribution in [3.8, 4) is 0 Å². The van der Waals surface area contributed by atoms with Gasteiger partial charge in [-0.3, -0.25) is 16.0 Å². The topological polar surface area (TPSA) is 74.3 Å². The van der Waals surface area contributed by atoms with Crippen molar-refractivity contribution in [2.24, 2.45) is 5.84 Å². The number of aromatic nitrogens is 2. The second-order valence-corrected chi connectivity index (χ2v) is 4.80. The Morgan fingerprint density at radius 3 is 2.78 bits per heavy atom. The zero-order valence-electron chi connectivity index (χ0n) is 10.9. The van der Waals surface area contributed by atoms with Crippen LogP contribution in [0.15, 0.2) is 10.7 Å². The van der Waals surface area contributed by atoms with E-state index in [4.69, 9.17) is 15.3 Å². The Morgan fingerprint density at radius 1 is 1.44 bits per heavy atom. The van der Waals surface area contributed by atoms with Crippen molar-refractivity contribution in [2.45, 2.75) is 25.4 Å². The van der Waals surface area contributed by atoms with Gasteiger partial charge in [0.2, 0.25) is 0 Å². The van der Waals surface area contributed by atoms with Gasteiger partial charge in [-0.15, -0.1) is 0 Å². The number of nitrogens with two attached hydrogens (primary N) is 1. The highest BCUT2D eigenvalue weighted by atomic mass is 79.9. The van der Waals surface area contributed by atoms with Crippen LogP contribution in [0.3, 0.4) is 0 Å². The lowest BCUT2D eigenvalue weighted by Gasteiger charge is -2.18. The first-order valence-corrected chi connectivity index (χ1v) is 6.69. The molecule has 3 N–H and O–H groups in total. The number of hydrogen-bond donors (Lipinski definition) is 2. The summed E-state index contributed by atoms with van der Waals surface area (Å²) in [6.45, 7) is 2.05. The van der Waals surface area contributed by atoms with Crippen LogP contribution in [0.2, 0.25) is 0 Å². The van der Waals surface area contributed by atoms with Crippen LogP contribution in [0, 0.1) is 0 Å². The first kappa shape index (κ1) is 15.6. The number of hydrogen-bond acceptors (Lipinski definition) is 5. The van der Waals surface area contributed by atoms with Gasteiger partial charge in [-0.2, -0.15) is 5.10 Å². The van der Waals surface area contributed by atoms with Gasteiger partial charge in [0.25, 0.3) is 0 Å². The van der Waals surface area contributed by atoms with E-state index in [0.29, 0.717) is 13.2 Å². The summed E-state index contributed by atoms with van der Waals surface area (Å²) >= 11 is 3.51. The SMILES string of the molecule is COCCCC(NN)c1c(Br)cnn1CCOC. The smallest absolute Gasteiger partial charge is 0.0710 e. The number of nitrogens with zero attached hydrogens (tertiary/aromatic N) is 2. The molecule has 0 saturated carbocycles. The normalized spacial score (nSPS) is 12.9. The molecule has 1 unspecified atom stereocenters. The van der Waals surface area contributed by atoms with Crippen LogP contribution in [0.1, 0.15) is 24.6 Å². The average Bonchev–Trinajstić information content (AvgIpc) is 2.74. The second-order valence-electron chi connectivity index (χ2n) is 3.95. The Labute approximate surface area is 116 Å². The molecular weight excluding hydrogens is 300 g/mol. The monoisotopic (exact) mass is 320 g/mol. The van der Waals surface area contributed by atoms with Crippen LogP contribution < -0.4 is 11.3 Å². The highest BCUT2D eigenvalue weighted by molar-refractivity contribution is 9.10. The predicted octanol–water partition coefficient (Wildman–Crippen LogP) is 1.22. The maximum absolute atomic E-state index is 5.63. The molecule has 0 aliphatic rings. The minimum Gasteiger partial charge on any atom is -0.385 e. The van der Waals surface area contributed by atoms with E-state index in [2.05, 4.69) is 26.5 Å². The van der Waals surface area contributed by atoms with Gasteiger partial charge >= 0.3 is 0 Å². The standard InChI is InChI=1S/C11H21BrN4O2/c1-17-6-3-4-10(15-13)11-9(12)8-14-16(11)5-7-18-2/h8,10,15H,3-7,13H2,1-2H3. The van der Waals surface area contributed by atoms with Crippen molar-refractivity contribution >= 4 is 15.9 Å². The molecule has 0 aliphatic heterocycles. The van der Waals surface area contributed by atoms with E-state index in [-0.39, 0.29) is 6.04 Å². The molecule has 0 spiro atoms. The van der Waals surface area contributed by atoms with Crippen molar-refractivity contribution in [3.05, 3.63) is 16.4 Å². The Morgan fingerprint density at radius 2 is 2.17 bits per heavy atom. The highest BCUT2D eigenvalue weighted by Crippen LogP contribution is 2.26. The molecular formula is C11H21BrN4O2. The molecule has 6 nitrogen and oxygen atoms in total. The molecule has 0 aliphatic carbocycles. The zero-order valence-corrected chi connectivity index (χ0v) is 12.4. The lowest BCUT2D eigenvalue weighted by molar-refractivity contribution is 0.179. The van der Waals surface area contributed by atoms with Crippen LogP contribution in [-0.4, -0.2) is 37.2 Å². The predicted molar refractivity (Wildman–Crippen MR) is 73.0 cm³/mol. The third-order valence-corrected chi connectivity index (χ3v) is 3.32. The Bertz CT molecular complexity index is 346. The molecule has 7 heteroatoms. The number of hydrazine groups is 1. The number of nitrogens with one attached hydrogen (secondary N) is 1. The molecule has 18 heavy (non-hydrogen) atoms. The average molecular weight is 321 g/mol. The van der Waals surface area contributed by atoms with E-state index in [1.54, 1.807) is 20.4 Å². The largest absolute Gasteiger partial charge is 0.385 e. The molecule has 0 bridgehead atoms. The molecule has 0 amide bonds. The third kappa shape index (κ3) is 4.33. The van der Waals surface area contributed by atoms with Gasteiger partial charge in [-0.25, -0.2) is 0 Å². The van der Waals surface area contributed by atoms with E-state index in [1.807, 2.05) is 4.68 Å². The molecule has 0 radical (unpaired) electrons. The quantitative estimate of drug-likeness (QED) is 0.406. The van der Waals surface area contributed by atoms with E-state index < -0.39 is 0 Å². The fourth-order valence-corrected chi connectivity index (χ4v) is 2.38. The minimum absolute atomic E-state index is 0.0499. The summed E-state index contributed by atoms with van der Waals surface area (Å²) in [4.78, 5) is 0. The molecule has 1 aromatic heterocycles. The van der Waals surface area contributed by atoms with Gasteiger partial charge in [-0.05, 0) is 28.8 Å². The molecule has 104 valence electrons. The maximum Gasteiger partial charge on any atom is 0.0710 e. The molecule has 0 aromatic carbocycles. The summed E-state index contributed by atoms with van der Waals surface area (Å²) < 4.78 is 13.0. The highest BCUT2D eigenvalue weighted by Gasteiger charge is 2.18. The summed E-state index contributed by atoms with van der Waals surface area (Å²) in [5, 5.41) is 4.31. The zero-order chi connectivity index (χ0) is 13.4. The lowest BCUT2D eigenvalue weighted by atomic mass is 10.1. The van der Waals surface area contributed by atoms with E-state index in [0.717, 1.165) is 29.6 Å². The fourth-order valence-electron chi connectivity index (χ4n) is 1.81. The Kier molecular flexibility index (Phi) is 7.45. The molecule has 0 fully saturated rings. The summed E-state index contributed by atoms with van der Waals surface area (Å²) in [5.74, 6) is 5.63. The number of ether oxygens (including phenoxy) is 2. The van der Waals surface area contributed by atoms with Crippen molar-refractivity contribution in [2.75, 3.05) is 27.4 Å². The van der Waals surface area contributed by atoms with Crippen LogP contribution >= 0.6 is 15.9 Å². The molecule has 0 saturated heterocycles. The fraction of sp³-hybridized carbons (Fsp3) is 0.727. The van der Waals surface area contributed by atoms with Crippen molar-refractivity contribution in [3.63, 3.8) is 0 Å². The third-order valence-electron chi connectivity index (χ3n) is 2.71. The van der Waals surface area contributed by atoms with E-state index in [1.165, 1.54) is 0 Å². The van der Waals surface area contributed by atoms with Gasteiger partial charge in [-0.1, -0.05) is 0 Å². The minimum atomic E-state index is 0.0499.